The third kappa shape index (κ3) is 7.00. The van der Waals surface area contributed by atoms with Crippen LogP contribution in [0.5, 0.6) is 0 Å². The maximum absolute atomic E-state index is 6.96. The summed E-state index contributed by atoms with van der Waals surface area (Å²) in [4.78, 5) is 4.60. The van der Waals surface area contributed by atoms with Crippen LogP contribution in [0.15, 0.2) is 279 Å². The standard InChI is InChI=1S/C75H46N2O4/c1-45-70-64-41-49-35-37-55(77(53-24-12-5-13-25-53)66-33-17-31-61-59-29-15-27-57(73(59)81-75(61)66)47-20-8-3-9-21-47)39-51(49)43-68(64)78-69(70)44-63-62-40-48-34-36-54(38-50(48)42-67(62)79-71(45)63)76(52-22-10-4-11-23-52)65-32-16-30-60-58-28-14-26-56(72(58)80-74(60)65)46-18-6-2-7-19-46/h2-44H,1H3. The number of furan rings is 4. The van der Waals surface area contributed by atoms with Crippen molar-refractivity contribution in [3.8, 4) is 22.3 Å². The number of hydrogen-bond acceptors (Lipinski definition) is 6. The van der Waals surface area contributed by atoms with Crippen LogP contribution in [0.2, 0.25) is 0 Å². The lowest BCUT2D eigenvalue weighted by Gasteiger charge is -2.25. The van der Waals surface area contributed by atoms with Gasteiger partial charge < -0.3 is 27.5 Å². The van der Waals surface area contributed by atoms with Gasteiger partial charge in [0.1, 0.15) is 33.5 Å². The summed E-state index contributed by atoms with van der Waals surface area (Å²) in [5, 5.41) is 12.8. The molecule has 0 aliphatic carbocycles. The molecule has 0 N–H and O–H groups in total. The highest BCUT2D eigenvalue weighted by molar-refractivity contribution is 6.21. The van der Waals surface area contributed by atoms with Gasteiger partial charge in [-0.25, -0.2) is 0 Å². The number of anilines is 6. The lowest BCUT2D eigenvalue weighted by molar-refractivity contribution is 0.662. The third-order valence-corrected chi connectivity index (χ3v) is 16.5. The molecule has 0 saturated carbocycles. The minimum Gasteiger partial charge on any atom is -0.456 e. The lowest BCUT2D eigenvalue weighted by Crippen LogP contribution is -2.10. The van der Waals surface area contributed by atoms with Crippen molar-refractivity contribution < 1.29 is 17.7 Å². The van der Waals surface area contributed by atoms with Gasteiger partial charge in [-0.15, -0.1) is 0 Å². The van der Waals surface area contributed by atoms with Gasteiger partial charge in [-0.2, -0.15) is 0 Å². The number of para-hydroxylation sites is 6. The smallest absolute Gasteiger partial charge is 0.159 e. The Morgan fingerprint density at radius 3 is 1.21 bits per heavy atom. The summed E-state index contributed by atoms with van der Waals surface area (Å²) in [7, 11) is 0. The van der Waals surface area contributed by atoms with E-state index in [1.807, 2.05) is 12.1 Å². The van der Waals surface area contributed by atoms with Gasteiger partial charge in [0.05, 0.1) is 11.4 Å². The van der Waals surface area contributed by atoms with Crippen LogP contribution >= 0.6 is 0 Å². The van der Waals surface area contributed by atoms with Gasteiger partial charge >= 0.3 is 0 Å². The van der Waals surface area contributed by atoms with E-state index in [1.54, 1.807) is 0 Å². The van der Waals surface area contributed by atoms with Crippen LogP contribution in [0, 0.1) is 6.92 Å². The monoisotopic (exact) mass is 1040 g/mol. The molecule has 0 fully saturated rings. The van der Waals surface area contributed by atoms with Crippen molar-refractivity contribution in [3.63, 3.8) is 0 Å². The van der Waals surface area contributed by atoms with Crippen molar-refractivity contribution >= 4 is 143 Å². The first-order valence-corrected chi connectivity index (χ1v) is 27.5. The number of aryl methyl sites for hydroxylation is 1. The Bertz CT molecular complexity index is 5150. The molecule has 4 aromatic heterocycles. The summed E-state index contributed by atoms with van der Waals surface area (Å²) in [5.74, 6) is 0. The predicted octanol–water partition coefficient (Wildman–Crippen LogP) is 22.2. The van der Waals surface area contributed by atoms with Gasteiger partial charge in [-0.3, -0.25) is 0 Å². The minimum absolute atomic E-state index is 0.824. The molecular formula is C75H46N2O4. The van der Waals surface area contributed by atoms with Crippen LogP contribution in [0.3, 0.4) is 0 Å². The van der Waals surface area contributed by atoms with E-state index in [2.05, 4.69) is 265 Å². The second-order valence-corrected chi connectivity index (χ2v) is 21.2. The number of benzene rings is 13. The van der Waals surface area contributed by atoms with Crippen LogP contribution in [-0.4, -0.2) is 0 Å². The zero-order valence-electron chi connectivity index (χ0n) is 43.9. The van der Waals surface area contributed by atoms with Gasteiger partial charge in [0.25, 0.3) is 0 Å². The van der Waals surface area contributed by atoms with Crippen molar-refractivity contribution in [2.45, 2.75) is 6.92 Å². The molecule has 0 amide bonds. The van der Waals surface area contributed by atoms with Gasteiger partial charge in [-0.1, -0.05) is 170 Å². The van der Waals surface area contributed by atoms with E-state index in [1.165, 1.54) is 0 Å². The highest BCUT2D eigenvalue weighted by atomic mass is 16.3. The topological polar surface area (TPSA) is 59.0 Å². The van der Waals surface area contributed by atoms with Gasteiger partial charge in [-0.05, 0) is 131 Å². The first-order valence-electron chi connectivity index (χ1n) is 27.5. The van der Waals surface area contributed by atoms with E-state index >= 15 is 0 Å². The van der Waals surface area contributed by atoms with Crippen LogP contribution in [0.1, 0.15) is 5.56 Å². The van der Waals surface area contributed by atoms with E-state index in [0.29, 0.717) is 0 Å². The summed E-state index contributed by atoms with van der Waals surface area (Å²) < 4.78 is 27.7. The minimum atomic E-state index is 0.824. The van der Waals surface area contributed by atoms with Crippen molar-refractivity contribution in [2.75, 3.05) is 9.80 Å². The molecule has 0 spiro atoms. The fraction of sp³-hybridized carbons (Fsp3) is 0.0133. The molecule has 17 aromatic rings. The van der Waals surface area contributed by atoms with Crippen LogP contribution in [-0.2, 0) is 0 Å². The quantitative estimate of drug-likeness (QED) is 0.151. The Hall–Kier alpha value is -10.8. The molecule has 0 atom stereocenters. The fourth-order valence-electron chi connectivity index (χ4n) is 12.8. The molecule has 13 aromatic carbocycles. The van der Waals surface area contributed by atoms with E-state index in [0.717, 1.165) is 171 Å². The summed E-state index contributed by atoms with van der Waals surface area (Å²) in [6, 6.07) is 92.1. The average molecular weight is 1040 g/mol. The first-order chi connectivity index (χ1) is 40.1. The first kappa shape index (κ1) is 45.2. The Morgan fingerprint density at radius 2 is 0.704 bits per heavy atom. The lowest BCUT2D eigenvalue weighted by atomic mass is 10.00. The Morgan fingerprint density at radius 1 is 0.259 bits per heavy atom. The number of nitrogens with zero attached hydrogens (tertiary/aromatic N) is 2. The zero-order chi connectivity index (χ0) is 53.3. The molecule has 17 rings (SSSR count). The molecule has 81 heavy (non-hydrogen) atoms. The molecule has 0 aliphatic rings. The van der Waals surface area contributed by atoms with Gasteiger partial charge in [0.2, 0.25) is 0 Å². The molecule has 0 saturated heterocycles. The van der Waals surface area contributed by atoms with Crippen LogP contribution in [0.4, 0.5) is 34.1 Å². The maximum Gasteiger partial charge on any atom is 0.159 e. The van der Waals surface area contributed by atoms with Gasteiger partial charge in [0, 0.05) is 82.5 Å². The second-order valence-electron chi connectivity index (χ2n) is 21.2. The molecule has 6 heteroatoms. The number of rotatable bonds is 8. The highest BCUT2D eigenvalue weighted by Gasteiger charge is 2.25. The fourth-order valence-corrected chi connectivity index (χ4v) is 12.8. The molecule has 380 valence electrons. The van der Waals surface area contributed by atoms with Gasteiger partial charge in [0.15, 0.2) is 11.2 Å². The van der Waals surface area contributed by atoms with Crippen molar-refractivity contribution in [2.24, 2.45) is 0 Å². The molecule has 0 bridgehead atoms. The van der Waals surface area contributed by atoms with Crippen molar-refractivity contribution in [3.05, 3.63) is 266 Å². The summed E-state index contributed by atoms with van der Waals surface area (Å²) in [6.07, 6.45) is 0. The second kappa shape index (κ2) is 17.6. The van der Waals surface area contributed by atoms with E-state index in [-0.39, 0.29) is 0 Å². The number of fused-ring (bicyclic) bond motifs is 14. The summed E-state index contributed by atoms with van der Waals surface area (Å²) in [6.45, 7) is 2.16. The van der Waals surface area contributed by atoms with Crippen molar-refractivity contribution in [1.82, 2.24) is 0 Å². The van der Waals surface area contributed by atoms with Crippen molar-refractivity contribution in [1.29, 1.82) is 0 Å². The molecule has 4 heterocycles. The third-order valence-electron chi connectivity index (χ3n) is 16.5. The van der Waals surface area contributed by atoms with Crippen LogP contribution < -0.4 is 9.80 Å². The van der Waals surface area contributed by atoms with E-state index in [4.69, 9.17) is 17.7 Å². The molecule has 6 nitrogen and oxygen atoms in total. The molecule has 0 aliphatic heterocycles. The maximum atomic E-state index is 6.96. The molecule has 0 unspecified atom stereocenters. The predicted molar refractivity (Wildman–Crippen MR) is 336 cm³/mol. The molecule has 0 radical (unpaired) electrons. The summed E-state index contributed by atoms with van der Waals surface area (Å²) in [5.41, 5.74) is 18.2. The van der Waals surface area contributed by atoms with Crippen LogP contribution in [0.25, 0.3) is 132 Å². The van der Waals surface area contributed by atoms with E-state index in [9.17, 15) is 0 Å². The largest absolute Gasteiger partial charge is 0.456 e. The summed E-state index contributed by atoms with van der Waals surface area (Å²) >= 11 is 0. The van der Waals surface area contributed by atoms with E-state index < -0.39 is 0 Å². The zero-order valence-corrected chi connectivity index (χ0v) is 43.9. The Balaban J connectivity index is 0.766. The molecular weight excluding hydrogens is 993 g/mol. The number of hydrogen-bond donors (Lipinski definition) is 0. The Labute approximate surface area is 464 Å². The normalized spacial score (nSPS) is 12.0. The highest BCUT2D eigenvalue weighted by Crippen LogP contribution is 2.48. The Kier molecular flexibility index (Phi) is 9.83. The SMILES string of the molecule is Cc1c2oc3cc4cc(N(c5ccccc5)c5cccc6c5oc5c(-c7ccccc7)cccc56)ccc4cc3c2cc2oc3cc4cc(N(c5ccccc5)c5cccc6c5oc5c(-c7ccccc7)cccc56)ccc4cc3c12. The average Bonchev–Trinajstić information content (AvgIpc) is 4.51.